The number of amides is 2. The number of carbonyl (C=O) groups is 2. The summed E-state index contributed by atoms with van der Waals surface area (Å²) in [5.74, 6) is -0.245. The van der Waals surface area contributed by atoms with Crippen molar-refractivity contribution in [2.45, 2.75) is 25.8 Å². The van der Waals surface area contributed by atoms with Gasteiger partial charge in [-0.2, -0.15) is 0 Å². The van der Waals surface area contributed by atoms with E-state index in [1.165, 1.54) is 16.2 Å². The van der Waals surface area contributed by atoms with Gasteiger partial charge in [0.05, 0.1) is 11.1 Å². The van der Waals surface area contributed by atoms with Gasteiger partial charge in [0.25, 0.3) is 5.91 Å². The summed E-state index contributed by atoms with van der Waals surface area (Å²) >= 11 is 4.96. The summed E-state index contributed by atoms with van der Waals surface area (Å²) in [7, 11) is -3.40. The van der Waals surface area contributed by atoms with Gasteiger partial charge in [0.2, 0.25) is 10.0 Å². The predicted octanol–water partition coefficient (Wildman–Crippen LogP) is 6.41. The summed E-state index contributed by atoms with van der Waals surface area (Å²) in [5.41, 5.74) is 4.06. The molecule has 12 heteroatoms. The topological polar surface area (TPSA) is 119 Å². The number of nitrogens with zero attached hydrogens (tertiary/aromatic N) is 2. The lowest BCUT2D eigenvalue weighted by Gasteiger charge is -2.33. The number of carbonyl (C=O) groups excluding carboxylic acids is 1. The molecule has 226 valence electrons. The first-order valence-electron chi connectivity index (χ1n) is 13.7. The lowest BCUT2D eigenvalue weighted by Crippen LogP contribution is -2.47. The molecule has 0 unspecified atom stereocenters. The summed E-state index contributed by atoms with van der Waals surface area (Å²) in [6.45, 7) is 7.48. The highest BCUT2D eigenvalue weighted by molar-refractivity contribution is 9.10. The smallest absolute Gasteiger partial charge is 0.407 e. The van der Waals surface area contributed by atoms with Crippen molar-refractivity contribution in [3.63, 3.8) is 0 Å². The Balaban J connectivity index is 1.32. The maximum atomic E-state index is 13.3. The Labute approximate surface area is 263 Å². The number of fused-ring (bicyclic) bond motifs is 1. The van der Waals surface area contributed by atoms with Crippen molar-refractivity contribution >= 4 is 70.8 Å². The first-order chi connectivity index (χ1) is 20.3. The molecule has 4 aromatic rings. The molecule has 3 aromatic carbocycles. The Morgan fingerprint density at radius 2 is 1.70 bits per heavy atom. The van der Waals surface area contributed by atoms with Gasteiger partial charge in [0.15, 0.2) is 0 Å². The highest BCUT2D eigenvalue weighted by Crippen LogP contribution is 2.36. The summed E-state index contributed by atoms with van der Waals surface area (Å²) in [5, 5.41) is 13.0. The van der Waals surface area contributed by atoms with Crippen molar-refractivity contribution < 1.29 is 23.1 Å². The maximum absolute atomic E-state index is 13.3. The van der Waals surface area contributed by atoms with E-state index < -0.39 is 16.1 Å². The van der Waals surface area contributed by atoms with E-state index in [0.717, 1.165) is 44.0 Å². The van der Waals surface area contributed by atoms with Gasteiger partial charge in [0, 0.05) is 58.7 Å². The Morgan fingerprint density at radius 1 is 0.953 bits per heavy atom. The van der Waals surface area contributed by atoms with Crippen molar-refractivity contribution in [3.8, 4) is 0 Å². The molecular formula is C31H33BrN4O5S2. The van der Waals surface area contributed by atoms with Crippen LogP contribution in [-0.4, -0.2) is 67.8 Å². The van der Waals surface area contributed by atoms with Crippen LogP contribution in [-0.2, 0) is 22.0 Å². The highest BCUT2D eigenvalue weighted by Gasteiger charge is 2.26. The molecule has 0 bridgehead atoms. The molecule has 0 atom stereocenters. The second-order valence-electron chi connectivity index (χ2n) is 11.3. The zero-order chi connectivity index (χ0) is 30.9. The first kappa shape index (κ1) is 31.0. The van der Waals surface area contributed by atoms with E-state index in [0.29, 0.717) is 42.4 Å². The minimum absolute atomic E-state index is 0.245. The van der Waals surface area contributed by atoms with E-state index in [4.69, 9.17) is 0 Å². The molecular weight excluding hydrogens is 652 g/mol. The fraction of sp³-hybridized carbons (Fsp3) is 0.290. The molecule has 1 saturated heterocycles. The number of benzene rings is 3. The Hall–Kier alpha value is -3.45. The van der Waals surface area contributed by atoms with Crippen LogP contribution in [0, 0.1) is 0 Å². The molecule has 0 aliphatic carbocycles. The minimum Gasteiger partial charge on any atom is -0.465 e. The fourth-order valence-corrected chi connectivity index (χ4v) is 7.22. The van der Waals surface area contributed by atoms with Gasteiger partial charge in [-0.3, -0.25) is 14.4 Å². The van der Waals surface area contributed by atoms with Crippen molar-refractivity contribution in [3.05, 3.63) is 92.8 Å². The molecule has 1 fully saturated rings. The molecule has 9 nitrogen and oxygen atoms in total. The van der Waals surface area contributed by atoms with Crippen LogP contribution in [0.2, 0.25) is 0 Å². The van der Waals surface area contributed by atoms with Gasteiger partial charge in [-0.1, -0.05) is 54.0 Å². The molecule has 43 heavy (non-hydrogen) atoms. The third-order valence-corrected chi connectivity index (χ3v) is 9.80. The lowest BCUT2D eigenvalue weighted by molar-refractivity contribution is 0.102. The van der Waals surface area contributed by atoms with Crippen LogP contribution in [0.3, 0.4) is 0 Å². The van der Waals surface area contributed by atoms with Gasteiger partial charge in [-0.15, -0.1) is 11.3 Å². The standard InChI is InChI=1S/C31H33BrN4O5S2/c1-31(2,22-6-4-5-20(13-22)19-35-9-11-36(12-10-35)30(38)39)23-16-24(32)18-26(17-23)33-29(37)28-15-21-14-25(34-43(3,40)41)7-8-27(21)42-28/h4-8,13-18,34H,9-12,19H2,1-3H3,(H,33,37)(H,38,39). The van der Waals surface area contributed by atoms with Crippen LogP contribution in [0.15, 0.2) is 71.2 Å². The van der Waals surface area contributed by atoms with E-state index >= 15 is 0 Å². The van der Waals surface area contributed by atoms with Gasteiger partial charge in [-0.25, -0.2) is 13.2 Å². The fourth-order valence-electron chi connectivity index (χ4n) is 5.23. The van der Waals surface area contributed by atoms with E-state index in [9.17, 15) is 23.1 Å². The zero-order valence-corrected chi connectivity index (χ0v) is 27.3. The number of hydrogen-bond donors (Lipinski definition) is 3. The average molecular weight is 686 g/mol. The molecule has 3 N–H and O–H groups in total. The van der Waals surface area contributed by atoms with Crippen LogP contribution in [0.25, 0.3) is 10.1 Å². The number of piperazine rings is 1. The van der Waals surface area contributed by atoms with Crippen LogP contribution < -0.4 is 10.0 Å². The normalized spacial score (nSPS) is 14.6. The van der Waals surface area contributed by atoms with Crippen LogP contribution in [0.4, 0.5) is 16.2 Å². The second-order valence-corrected chi connectivity index (χ2v) is 15.0. The van der Waals surface area contributed by atoms with Crippen LogP contribution in [0.1, 0.15) is 40.2 Å². The van der Waals surface area contributed by atoms with E-state index in [1.54, 1.807) is 24.3 Å². The molecule has 1 aliphatic rings. The Morgan fingerprint density at radius 3 is 2.40 bits per heavy atom. The minimum atomic E-state index is -3.40. The monoisotopic (exact) mass is 684 g/mol. The molecule has 0 spiro atoms. The maximum Gasteiger partial charge on any atom is 0.407 e. The van der Waals surface area contributed by atoms with Crippen molar-refractivity contribution in [1.29, 1.82) is 0 Å². The van der Waals surface area contributed by atoms with E-state index in [2.05, 4.69) is 75.0 Å². The van der Waals surface area contributed by atoms with Gasteiger partial charge in [0.1, 0.15) is 0 Å². The third-order valence-electron chi connectivity index (χ3n) is 7.62. The van der Waals surface area contributed by atoms with E-state index in [1.807, 2.05) is 12.1 Å². The van der Waals surface area contributed by atoms with Gasteiger partial charge >= 0.3 is 6.09 Å². The van der Waals surface area contributed by atoms with Crippen molar-refractivity contribution in [2.75, 3.05) is 42.5 Å². The third kappa shape index (κ3) is 7.56. The molecule has 0 saturated carbocycles. The number of hydrogen-bond acceptors (Lipinski definition) is 6. The molecule has 1 aliphatic heterocycles. The number of carboxylic acid groups (broad SMARTS) is 1. The Kier molecular flexibility index (Phi) is 8.85. The Bertz CT molecular complexity index is 1800. The summed E-state index contributed by atoms with van der Waals surface area (Å²) in [6, 6.07) is 21.3. The number of sulfonamides is 1. The lowest BCUT2D eigenvalue weighted by atomic mass is 9.77. The molecule has 2 heterocycles. The number of nitrogens with one attached hydrogen (secondary N) is 2. The zero-order valence-electron chi connectivity index (χ0n) is 24.1. The van der Waals surface area contributed by atoms with Crippen molar-refractivity contribution in [1.82, 2.24) is 9.80 Å². The molecule has 2 amide bonds. The molecule has 0 radical (unpaired) electrons. The predicted molar refractivity (Wildman–Crippen MR) is 176 cm³/mol. The first-order valence-corrected chi connectivity index (χ1v) is 17.2. The second kappa shape index (κ2) is 12.3. The number of rotatable bonds is 8. The SMILES string of the molecule is CC(C)(c1cccc(CN2CCN(C(=O)O)CC2)c1)c1cc(Br)cc(NC(=O)c2cc3cc(NS(C)(=O)=O)ccc3s2)c1. The van der Waals surface area contributed by atoms with Crippen molar-refractivity contribution in [2.24, 2.45) is 0 Å². The average Bonchev–Trinajstić information content (AvgIpc) is 3.36. The highest BCUT2D eigenvalue weighted by atomic mass is 79.9. The number of thiophene rings is 1. The number of halogens is 1. The van der Waals surface area contributed by atoms with Crippen LogP contribution >= 0.6 is 27.3 Å². The van der Waals surface area contributed by atoms with Gasteiger partial charge < -0.3 is 15.3 Å². The molecule has 1 aromatic heterocycles. The van der Waals surface area contributed by atoms with Crippen LogP contribution in [0.5, 0.6) is 0 Å². The largest absolute Gasteiger partial charge is 0.465 e. The quantitative estimate of drug-likeness (QED) is 0.197. The summed E-state index contributed by atoms with van der Waals surface area (Å²) in [6.07, 6.45) is 0.233. The summed E-state index contributed by atoms with van der Waals surface area (Å²) < 4.78 is 27.4. The number of anilines is 2. The van der Waals surface area contributed by atoms with Gasteiger partial charge in [-0.05, 0) is 64.5 Å². The molecule has 5 rings (SSSR count). The summed E-state index contributed by atoms with van der Waals surface area (Å²) in [4.78, 5) is 28.7. The van der Waals surface area contributed by atoms with E-state index in [-0.39, 0.29) is 11.3 Å².